The molecule has 9 rings (SSSR count). The minimum atomic E-state index is -2.41. The smallest absolute Gasteiger partial charge is 0.411 e. The number of phenolic OH excluding ortho intramolecular Hbond substituents is 2. The second-order valence-corrected chi connectivity index (χ2v) is 22.2. The van der Waals surface area contributed by atoms with E-state index in [0.717, 1.165) is 10.9 Å². The van der Waals surface area contributed by atoms with Gasteiger partial charge in [-0.2, -0.15) is 0 Å². The van der Waals surface area contributed by atoms with Gasteiger partial charge in [0.2, 0.25) is 23.5 Å². The summed E-state index contributed by atoms with van der Waals surface area (Å²) in [5.74, 6) is -5.93. The van der Waals surface area contributed by atoms with E-state index < -0.39 is 144 Å². The Kier molecular flexibility index (Phi) is 20.1. The number of unbranched alkanes of at least 4 members (excludes halogenated alkanes) is 1. The van der Waals surface area contributed by atoms with Crippen LogP contribution >= 0.6 is 0 Å². The van der Waals surface area contributed by atoms with Crippen LogP contribution in [0.5, 0.6) is 17.2 Å². The number of carbonyl (C=O) groups is 8. The number of aromatic amines is 1. The largest absolute Gasteiger partial charge is 0.507 e. The molecule has 1 aromatic heterocycles. The summed E-state index contributed by atoms with van der Waals surface area (Å²) in [6, 6.07) is 22.4. The number of Topliss-reactive ketones (excluding diaryl/α,β-unsaturated/α-hetero) is 1. The van der Waals surface area contributed by atoms with Crippen LogP contribution in [0, 0.1) is 0 Å². The van der Waals surface area contributed by atoms with E-state index in [2.05, 4.69) is 31.6 Å². The van der Waals surface area contributed by atoms with Crippen LogP contribution < -0.4 is 42.8 Å². The molecular formula is C63H70N8O18. The van der Waals surface area contributed by atoms with E-state index in [1.807, 2.05) is 30.3 Å². The summed E-state index contributed by atoms with van der Waals surface area (Å²) in [6.07, 6.45) is -7.07. The van der Waals surface area contributed by atoms with Gasteiger partial charge in [0, 0.05) is 65.0 Å². The molecule has 26 nitrogen and oxygen atoms in total. The molecule has 1 fully saturated rings. The number of anilines is 2. The first-order chi connectivity index (χ1) is 42.6. The molecule has 3 aliphatic rings. The van der Waals surface area contributed by atoms with Crippen molar-refractivity contribution in [2.75, 3.05) is 30.9 Å². The topological polar surface area (TPSA) is 412 Å². The summed E-state index contributed by atoms with van der Waals surface area (Å²) in [5, 5.41) is 70.7. The molecule has 1 aliphatic heterocycles. The zero-order chi connectivity index (χ0) is 63.8. The number of rotatable bonds is 23. The monoisotopic (exact) mass is 1230 g/mol. The lowest BCUT2D eigenvalue weighted by Gasteiger charge is -2.42. The average molecular weight is 1230 g/mol. The number of nitrogens with one attached hydrogen (secondary N) is 6. The number of amides is 5. The molecule has 9 atom stereocenters. The van der Waals surface area contributed by atoms with E-state index >= 15 is 0 Å². The highest BCUT2D eigenvalue weighted by Gasteiger charge is 2.50. The normalized spacial score (nSPS) is 20.3. The number of ether oxygens (including phenoxy) is 5. The van der Waals surface area contributed by atoms with Gasteiger partial charge >= 0.3 is 12.2 Å². The lowest BCUT2D eigenvalue weighted by atomic mass is 9.72. The highest BCUT2D eigenvalue weighted by molar-refractivity contribution is 6.31. The Hall–Kier alpha value is -9.28. The molecule has 470 valence electrons. The molecule has 2 aliphatic carbocycles. The molecule has 26 heteroatoms. The Balaban J connectivity index is 0.761. The van der Waals surface area contributed by atoms with Crippen molar-refractivity contribution < 1.29 is 87.6 Å². The minimum Gasteiger partial charge on any atom is -0.507 e. The number of aliphatic hydroxyl groups excluding tert-OH is 2. The molecule has 0 bridgehead atoms. The predicted octanol–water partition coefficient (Wildman–Crippen LogP) is 3.83. The second-order valence-electron chi connectivity index (χ2n) is 22.2. The molecule has 0 radical (unpaired) electrons. The fraction of sp³-hybridized carbons (Fsp3) is 0.365. The maximum atomic E-state index is 14.1. The first-order valence-electron chi connectivity index (χ1n) is 28.8. The van der Waals surface area contributed by atoms with Crippen molar-refractivity contribution in [3.8, 4) is 17.2 Å². The zero-order valence-electron chi connectivity index (χ0n) is 48.8. The van der Waals surface area contributed by atoms with Crippen LogP contribution in [0.2, 0.25) is 0 Å². The molecule has 6 aromatic rings. The van der Waals surface area contributed by atoms with Gasteiger partial charge < -0.3 is 86.9 Å². The van der Waals surface area contributed by atoms with E-state index in [1.165, 1.54) is 39.2 Å². The Morgan fingerprint density at radius 3 is 2.09 bits per heavy atom. The third kappa shape index (κ3) is 14.5. The summed E-state index contributed by atoms with van der Waals surface area (Å²) >= 11 is 0. The number of H-pyrrole nitrogens is 1. The number of methoxy groups -OCH3 is 1. The Labute approximate surface area is 509 Å². The zero-order valence-corrected chi connectivity index (χ0v) is 48.8. The molecule has 0 unspecified atom stereocenters. The van der Waals surface area contributed by atoms with Gasteiger partial charge in [-0.05, 0) is 98.6 Å². The molecule has 0 spiro atoms. The fourth-order valence-corrected chi connectivity index (χ4v) is 11.1. The standard InChI is InChI=1S/C63H70N8O18/c1-31(65)58(79)70-44(24-38-23-35-9-4-5-11-41(35)66-38)60(81)69-42(12-6-7-22-64)59(80)67-36-18-14-33(15-19-36)29-86-61(82)68-37-20-16-34(17-21-37)30-87-62(83)71-43-25-48(88-32(2)53(43)74)89-46-27-63(84,47(73)28-72)26-40-50(46)57(78)52-51(55(40)76)54(75)39-10-8-13-45(85-3)49(39)56(52)77/h4-5,8-11,13-21,23,31-32,42-44,46,48,53,66,72,74,76,78,84H,6-7,12,22,24-30,64-65H2,1-3H3,(H,67,80)(H,68,82)(H,69,81)(H,70,79)(H,71,83)/t31-,32+,42+,43+,44+,46+,48+,53-,63+/m1/s1. The Morgan fingerprint density at radius 2 is 1.44 bits per heavy atom. The number of aliphatic hydroxyl groups is 3. The molecule has 2 heterocycles. The van der Waals surface area contributed by atoms with Gasteiger partial charge in [0.05, 0.1) is 48.1 Å². The van der Waals surface area contributed by atoms with E-state index in [4.69, 9.17) is 35.2 Å². The number of ketones is 3. The van der Waals surface area contributed by atoms with Crippen molar-refractivity contribution in [1.29, 1.82) is 0 Å². The summed E-state index contributed by atoms with van der Waals surface area (Å²) in [6.45, 7) is 1.84. The van der Waals surface area contributed by atoms with E-state index in [9.17, 15) is 63.9 Å². The number of hydrogen-bond donors (Lipinski definition) is 13. The van der Waals surface area contributed by atoms with E-state index in [-0.39, 0.29) is 60.5 Å². The summed E-state index contributed by atoms with van der Waals surface area (Å²) in [4.78, 5) is 111. The fourth-order valence-electron chi connectivity index (χ4n) is 11.1. The number of para-hydroxylation sites is 1. The number of alkyl carbamates (subject to hydrolysis) is 1. The number of aromatic nitrogens is 1. The van der Waals surface area contributed by atoms with E-state index in [0.29, 0.717) is 47.6 Å². The first kappa shape index (κ1) is 64.2. The molecular weight excluding hydrogens is 1160 g/mol. The van der Waals surface area contributed by atoms with Gasteiger partial charge in [0.15, 0.2) is 17.9 Å². The first-order valence-corrected chi connectivity index (χ1v) is 28.8. The number of benzene rings is 5. The van der Waals surface area contributed by atoms with Gasteiger partial charge in [-0.15, -0.1) is 0 Å². The second kappa shape index (κ2) is 27.8. The summed E-state index contributed by atoms with van der Waals surface area (Å²) in [5.41, 5.74) is 10.6. The molecule has 0 saturated carbocycles. The van der Waals surface area contributed by atoms with Crippen LogP contribution in [-0.2, 0) is 64.2 Å². The summed E-state index contributed by atoms with van der Waals surface area (Å²) < 4.78 is 28.4. The van der Waals surface area contributed by atoms with Gasteiger partial charge in [-0.1, -0.05) is 54.6 Å². The Bertz CT molecular complexity index is 3630. The van der Waals surface area contributed by atoms with Gasteiger partial charge in [0.25, 0.3) is 0 Å². The van der Waals surface area contributed by atoms with Crippen molar-refractivity contribution in [2.45, 2.75) is 126 Å². The number of nitrogens with two attached hydrogens (primary N) is 2. The molecule has 1 saturated heterocycles. The van der Waals surface area contributed by atoms with Crippen LogP contribution in [0.4, 0.5) is 21.0 Å². The number of fused-ring (bicyclic) bond motifs is 4. The van der Waals surface area contributed by atoms with Crippen LogP contribution in [0.25, 0.3) is 10.9 Å². The number of phenols is 2. The number of aromatic hydroxyl groups is 2. The quantitative estimate of drug-likeness (QED) is 0.0320. The summed E-state index contributed by atoms with van der Waals surface area (Å²) in [7, 11) is 1.29. The maximum absolute atomic E-state index is 14.1. The van der Waals surface area contributed by atoms with Crippen molar-refractivity contribution >= 4 is 69.5 Å². The van der Waals surface area contributed by atoms with Gasteiger partial charge in [-0.3, -0.25) is 34.1 Å². The minimum absolute atomic E-state index is 0.0282. The van der Waals surface area contributed by atoms with Crippen LogP contribution in [0.3, 0.4) is 0 Å². The lowest BCUT2D eigenvalue weighted by Crippen LogP contribution is -2.56. The SMILES string of the molecule is COc1cccc2c1C(=O)c1c(O)c3c(c(O)c1C2=O)C[C@@](O)(C(=O)CO)C[C@@H]3O[C@H]1C[C@H](NC(=O)OCc2ccc(NC(=O)OCc3ccc(NC(=O)[C@H](CCCCN)NC(=O)[C@H](Cc4cc5ccccc5[nH]4)NC(=O)[C@@H](C)N)cc3)cc2)[C@H](O)[C@H](C)O1. The maximum Gasteiger partial charge on any atom is 0.411 e. The van der Waals surface area contributed by atoms with Crippen molar-refractivity contribution in [3.63, 3.8) is 0 Å². The van der Waals surface area contributed by atoms with Crippen molar-refractivity contribution in [2.24, 2.45) is 11.5 Å². The van der Waals surface area contributed by atoms with Crippen LogP contribution in [0.15, 0.2) is 97.1 Å². The predicted molar refractivity (Wildman–Crippen MR) is 319 cm³/mol. The molecule has 15 N–H and O–H groups in total. The third-order valence-corrected chi connectivity index (χ3v) is 15.9. The third-order valence-electron chi connectivity index (χ3n) is 15.9. The average Bonchev–Trinajstić information content (AvgIpc) is 1.04. The van der Waals surface area contributed by atoms with Gasteiger partial charge in [-0.25, -0.2) is 9.59 Å². The van der Waals surface area contributed by atoms with Crippen molar-refractivity contribution in [1.82, 2.24) is 20.9 Å². The highest BCUT2D eigenvalue weighted by atomic mass is 16.7. The molecule has 89 heavy (non-hydrogen) atoms. The van der Waals surface area contributed by atoms with Crippen LogP contribution in [0.1, 0.15) is 112 Å². The highest BCUT2D eigenvalue weighted by Crippen LogP contribution is 2.52. The Morgan fingerprint density at radius 1 is 0.787 bits per heavy atom. The van der Waals surface area contributed by atoms with Crippen molar-refractivity contribution in [3.05, 3.63) is 147 Å². The van der Waals surface area contributed by atoms with E-state index in [1.54, 1.807) is 48.5 Å². The number of carbonyl (C=O) groups excluding carboxylic acids is 8. The lowest BCUT2D eigenvalue weighted by molar-refractivity contribution is -0.249. The van der Waals surface area contributed by atoms with Crippen LogP contribution in [-0.4, -0.2) is 146 Å². The molecule has 5 amide bonds. The molecule has 5 aromatic carbocycles. The number of hydrogen-bond acceptors (Lipinski definition) is 20. The van der Waals surface area contributed by atoms with Gasteiger partial charge in [0.1, 0.15) is 60.9 Å².